The average Bonchev–Trinajstić information content (AvgIpc) is 3.06. The Kier molecular flexibility index (Phi) is 4.01. The number of ether oxygens (including phenoxy) is 2. The summed E-state index contributed by atoms with van der Waals surface area (Å²) in [5, 5.41) is 3.68. The largest absolute Gasteiger partial charge is 0.493 e. The van der Waals surface area contributed by atoms with E-state index in [4.69, 9.17) is 9.47 Å². The van der Waals surface area contributed by atoms with Crippen molar-refractivity contribution in [1.82, 2.24) is 4.90 Å². The van der Waals surface area contributed by atoms with Gasteiger partial charge in [0.15, 0.2) is 11.5 Å². The van der Waals surface area contributed by atoms with Gasteiger partial charge in [-0.3, -0.25) is 4.90 Å². The Morgan fingerprint density at radius 2 is 2.15 bits per heavy atom. The van der Waals surface area contributed by atoms with Crippen LogP contribution in [0.25, 0.3) is 0 Å². The van der Waals surface area contributed by atoms with Crippen LogP contribution in [0.4, 0.5) is 5.69 Å². The van der Waals surface area contributed by atoms with Gasteiger partial charge in [0.2, 0.25) is 0 Å². The van der Waals surface area contributed by atoms with Crippen LogP contribution in [-0.2, 0) is 0 Å². The molecular formula is C16H24N2O2. The number of methoxy groups -OCH3 is 1. The van der Waals surface area contributed by atoms with Crippen molar-refractivity contribution < 1.29 is 9.47 Å². The molecule has 0 spiro atoms. The van der Waals surface area contributed by atoms with Gasteiger partial charge >= 0.3 is 0 Å². The van der Waals surface area contributed by atoms with E-state index in [1.165, 1.54) is 32.4 Å². The summed E-state index contributed by atoms with van der Waals surface area (Å²) in [5.74, 6) is 1.62. The molecule has 0 bridgehead atoms. The quantitative estimate of drug-likeness (QED) is 0.896. The summed E-state index contributed by atoms with van der Waals surface area (Å²) in [6.07, 6.45) is 3.90. The third-order valence-corrected chi connectivity index (χ3v) is 4.42. The van der Waals surface area contributed by atoms with E-state index in [0.29, 0.717) is 18.7 Å². The summed E-state index contributed by atoms with van der Waals surface area (Å²) in [5.41, 5.74) is 1.13. The lowest BCUT2D eigenvalue weighted by Gasteiger charge is -2.22. The highest BCUT2D eigenvalue weighted by Gasteiger charge is 2.36. The first-order valence-electron chi connectivity index (χ1n) is 7.63. The van der Waals surface area contributed by atoms with Crippen LogP contribution in [0.3, 0.4) is 0 Å². The average molecular weight is 276 g/mol. The molecule has 2 heterocycles. The van der Waals surface area contributed by atoms with Gasteiger partial charge in [0.05, 0.1) is 13.7 Å². The van der Waals surface area contributed by atoms with Crippen molar-refractivity contribution in [1.29, 1.82) is 0 Å². The van der Waals surface area contributed by atoms with Crippen molar-refractivity contribution in [3.05, 3.63) is 18.2 Å². The first-order chi connectivity index (χ1) is 9.81. The first-order valence-corrected chi connectivity index (χ1v) is 7.63. The van der Waals surface area contributed by atoms with Crippen LogP contribution in [0, 0.1) is 0 Å². The molecule has 0 aromatic heterocycles. The van der Waals surface area contributed by atoms with E-state index in [9.17, 15) is 0 Å². The summed E-state index contributed by atoms with van der Waals surface area (Å²) >= 11 is 0. The predicted octanol–water partition coefficient (Wildman–Crippen LogP) is 2.74. The van der Waals surface area contributed by atoms with Crippen molar-refractivity contribution in [2.75, 3.05) is 32.1 Å². The van der Waals surface area contributed by atoms with Crippen LogP contribution in [0.2, 0.25) is 0 Å². The Morgan fingerprint density at radius 3 is 2.95 bits per heavy atom. The Morgan fingerprint density at radius 1 is 1.25 bits per heavy atom. The van der Waals surface area contributed by atoms with E-state index in [2.05, 4.69) is 16.3 Å². The number of benzene rings is 1. The normalized spacial score (nSPS) is 25.5. The number of nitrogens with zero attached hydrogens (tertiary/aromatic N) is 1. The molecule has 2 atom stereocenters. The van der Waals surface area contributed by atoms with Gasteiger partial charge in [-0.15, -0.1) is 0 Å². The van der Waals surface area contributed by atoms with Crippen LogP contribution in [0.15, 0.2) is 18.2 Å². The fourth-order valence-corrected chi connectivity index (χ4v) is 3.50. The molecule has 20 heavy (non-hydrogen) atoms. The minimum absolute atomic E-state index is 0.570. The zero-order valence-electron chi connectivity index (χ0n) is 12.4. The van der Waals surface area contributed by atoms with Gasteiger partial charge < -0.3 is 14.8 Å². The maximum Gasteiger partial charge on any atom is 0.162 e. The van der Waals surface area contributed by atoms with Crippen LogP contribution >= 0.6 is 0 Å². The van der Waals surface area contributed by atoms with Crippen molar-refractivity contribution in [2.45, 2.75) is 38.3 Å². The second-order valence-corrected chi connectivity index (χ2v) is 5.58. The van der Waals surface area contributed by atoms with Gasteiger partial charge in [-0.05, 0) is 44.9 Å². The maximum atomic E-state index is 5.56. The third kappa shape index (κ3) is 2.57. The van der Waals surface area contributed by atoms with Crippen molar-refractivity contribution in [3.8, 4) is 11.5 Å². The molecule has 2 fully saturated rings. The van der Waals surface area contributed by atoms with Gasteiger partial charge in [-0.1, -0.05) is 0 Å². The Hall–Kier alpha value is -1.42. The van der Waals surface area contributed by atoms with Crippen LogP contribution in [0.5, 0.6) is 11.5 Å². The molecule has 2 saturated heterocycles. The molecule has 3 rings (SSSR count). The first kappa shape index (κ1) is 13.6. The maximum absolute atomic E-state index is 5.56. The predicted molar refractivity (Wildman–Crippen MR) is 80.8 cm³/mol. The van der Waals surface area contributed by atoms with E-state index in [1.54, 1.807) is 7.11 Å². The topological polar surface area (TPSA) is 33.7 Å². The molecule has 1 N–H and O–H groups in total. The zero-order chi connectivity index (χ0) is 13.9. The minimum Gasteiger partial charge on any atom is -0.493 e. The second kappa shape index (κ2) is 5.92. The van der Waals surface area contributed by atoms with Crippen LogP contribution < -0.4 is 14.8 Å². The third-order valence-electron chi connectivity index (χ3n) is 4.42. The van der Waals surface area contributed by atoms with E-state index in [-0.39, 0.29) is 0 Å². The highest BCUT2D eigenvalue weighted by molar-refractivity contribution is 5.55. The number of nitrogens with one attached hydrogen (secondary N) is 1. The molecule has 0 saturated carbocycles. The van der Waals surface area contributed by atoms with Gasteiger partial charge in [0.1, 0.15) is 0 Å². The van der Waals surface area contributed by atoms with Crippen molar-refractivity contribution in [2.24, 2.45) is 0 Å². The van der Waals surface area contributed by atoms with Crippen molar-refractivity contribution >= 4 is 5.69 Å². The molecule has 2 unspecified atom stereocenters. The minimum atomic E-state index is 0.570. The molecule has 4 nitrogen and oxygen atoms in total. The van der Waals surface area contributed by atoms with E-state index < -0.39 is 0 Å². The van der Waals surface area contributed by atoms with Gasteiger partial charge in [-0.25, -0.2) is 0 Å². The highest BCUT2D eigenvalue weighted by atomic mass is 16.5. The van der Waals surface area contributed by atoms with Gasteiger partial charge in [0.25, 0.3) is 0 Å². The molecule has 4 heteroatoms. The molecule has 2 aliphatic heterocycles. The molecule has 2 aliphatic rings. The lowest BCUT2D eigenvalue weighted by atomic mass is 10.1. The number of hydrogen-bond acceptors (Lipinski definition) is 4. The van der Waals surface area contributed by atoms with E-state index >= 15 is 0 Å². The number of anilines is 1. The summed E-state index contributed by atoms with van der Waals surface area (Å²) in [7, 11) is 1.69. The van der Waals surface area contributed by atoms with Crippen LogP contribution in [-0.4, -0.2) is 43.8 Å². The lowest BCUT2D eigenvalue weighted by molar-refractivity contribution is 0.311. The molecule has 1 aromatic rings. The highest BCUT2D eigenvalue weighted by Crippen LogP contribution is 2.33. The standard InChI is InChI=1S/C16H24N2O2/c1-3-20-15-7-6-12(11-16(15)19-2)17-13-8-10-18-9-4-5-14(13)18/h6-7,11,13-14,17H,3-5,8-10H2,1-2H3. The Balaban J connectivity index is 1.71. The summed E-state index contributed by atoms with van der Waals surface area (Å²) in [6, 6.07) is 7.41. The van der Waals surface area contributed by atoms with E-state index in [0.717, 1.165) is 17.2 Å². The molecule has 0 amide bonds. The molecule has 0 radical (unpaired) electrons. The molecule has 1 aromatic carbocycles. The Labute approximate surface area is 121 Å². The summed E-state index contributed by atoms with van der Waals surface area (Å²) < 4.78 is 11.0. The smallest absolute Gasteiger partial charge is 0.162 e. The van der Waals surface area contributed by atoms with E-state index in [1.807, 2.05) is 19.1 Å². The SMILES string of the molecule is CCOc1ccc(NC2CCN3CCCC23)cc1OC. The number of fused-ring (bicyclic) bond motifs is 1. The van der Waals surface area contributed by atoms with Gasteiger partial charge in [0, 0.05) is 30.4 Å². The number of rotatable bonds is 5. The summed E-state index contributed by atoms with van der Waals surface area (Å²) in [6.45, 7) is 5.15. The zero-order valence-corrected chi connectivity index (χ0v) is 12.4. The van der Waals surface area contributed by atoms with Crippen molar-refractivity contribution in [3.63, 3.8) is 0 Å². The fraction of sp³-hybridized carbons (Fsp3) is 0.625. The molecule has 0 aliphatic carbocycles. The number of hydrogen-bond donors (Lipinski definition) is 1. The second-order valence-electron chi connectivity index (χ2n) is 5.58. The lowest BCUT2D eigenvalue weighted by Crippen LogP contribution is -2.33. The van der Waals surface area contributed by atoms with Gasteiger partial charge in [-0.2, -0.15) is 0 Å². The molecular weight excluding hydrogens is 252 g/mol. The molecule has 110 valence electrons. The monoisotopic (exact) mass is 276 g/mol. The fourth-order valence-electron chi connectivity index (χ4n) is 3.50. The summed E-state index contributed by atoms with van der Waals surface area (Å²) in [4.78, 5) is 2.61. The Bertz CT molecular complexity index is 464. The van der Waals surface area contributed by atoms with Crippen LogP contribution in [0.1, 0.15) is 26.2 Å².